The van der Waals surface area contributed by atoms with Crippen molar-refractivity contribution in [3.05, 3.63) is 81.5 Å². The van der Waals surface area contributed by atoms with Crippen molar-refractivity contribution >= 4 is 23.0 Å². The van der Waals surface area contributed by atoms with Crippen LogP contribution >= 0.6 is 11.3 Å². The SMILES string of the molecule is CCC(C(=O)O)[C@@H]1N=C(c2ccc(-c3cncc(C#N)c3)cc2)c2c(sc(C)c2C)-n2c(C)nnc21. The molecule has 0 fully saturated rings. The maximum atomic E-state index is 12.2. The number of aliphatic carboxylic acids is 1. The molecule has 36 heavy (non-hydrogen) atoms. The molecule has 1 N–H and O–H groups in total. The second kappa shape index (κ2) is 9.13. The number of carboxylic acid groups (broad SMARTS) is 1. The van der Waals surface area contributed by atoms with Crippen LogP contribution in [0, 0.1) is 38.0 Å². The van der Waals surface area contributed by atoms with Crippen LogP contribution in [0.3, 0.4) is 0 Å². The number of aryl methyl sites for hydroxylation is 2. The number of fused-ring (bicyclic) bond motifs is 3. The van der Waals surface area contributed by atoms with E-state index in [1.807, 2.05) is 42.7 Å². The second-order valence-electron chi connectivity index (χ2n) is 8.83. The molecule has 0 aliphatic carbocycles. The number of hydrogen-bond donors (Lipinski definition) is 1. The summed E-state index contributed by atoms with van der Waals surface area (Å²) in [4.78, 5) is 22.7. The molecule has 5 rings (SSSR count). The molecule has 0 bridgehead atoms. The lowest BCUT2D eigenvalue weighted by atomic mass is 9.95. The minimum Gasteiger partial charge on any atom is -0.481 e. The number of carboxylic acids is 1. The fourth-order valence-electron chi connectivity index (χ4n) is 4.63. The highest BCUT2D eigenvalue weighted by Crippen LogP contribution is 2.41. The van der Waals surface area contributed by atoms with Crippen LogP contribution in [0.2, 0.25) is 0 Å². The van der Waals surface area contributed by atoms with Gasteiger partial charge in [-0.1, -0.05) is 31.2 Å². The molecule has 2 atom stereocenters. The van der Waals surface area contributed by atoms with Gasteiger partial charge in [-0.3, -0.25) is 19.3 Å². The van der Waals surface area contributed by atoms with E-state index in [9.17, 15) is 15.2 Å². The van der Waals surface area contributed by atoms with E-state index in [1.54, 1.807) is 23.6 Å². The van der Waals surface area contributed by atoms with Gasteiger partial charge in [0.05, 0.1) is 17.2 Å². The summed E-state index contributed by atoms with van der Waals surface area (Å²) in [6, 6.07) is 11.2. The largest absolute Gasteiger partial charge is 0.481 e. The zero-order valence-electron chi connectivity index (χ0n) is 20.4. The van der Waals surface area contributed by atoms with Crippen molar-refractivity contribution < 1.29 is 9.90 Å². The van der Waals surface area contributed by atoms with Crippen LogP contribution in [0.25, 0.3) is 16.1 Å². The number of rotatable bonds is 5. The Bertz CT molecular complexity index is 1560. The minimum atomic E-state index is -0.906. The van der Waals surface area contributed by atoms with Crippen molar-refractivity contribution in [3.8, 4) is 22.2 Å². The Balaban J connectivity index is 1.71. The first-order valence-corrected chi connectivity index (χ1v) is 12.4. The van der Waals surface area contributed by atoms with Crippen molar-refractivity contribution in [2.45, 2.75) is 40.2 Å². The van der Waals surface area contributed by atoms with Crippen molar-refractivity contribution in [2.75, 3.05) is 0 Å². The topological polar surface area (TPSA) is 117 Å². The van der Waals surface area contributed by atoms with Gasteiger partial charge in [0.25, 0.3) is 0 Å². The molecule has 0 saturated carbocycles. The van der Waals surface area contributed by atoms with Crippen LogP contribution in [-0.2, 0) is 4.79 Å². The Labute approximate surface area is 212 Å². The van der Waals surface area contributed by atoms with Crippen LogP contribution in [-0.4, -0.2) is 36.5 Å². The highest BCUT2D eigenvalue weighted by atomic mass is 32.1. The number of nitriles is 1. The first kappa shape index (κ1) is 23.6. The zero-order valence-corrected chi connectivity index (χ0v) is 21.2. The number of aromatic nitrogens is 4. The number of nitrogens with zero attached hydrogens (tertiary/aromatic N) is 6. The molecular formula is C27H24N6O2S. The molecule has 0 amide bonds. The van der Waals surface area contributed by atoms with Crippen LogP contribution in [0.15, 0.2) is 47.7 Å². The summed E-state index contributed by atoms with van der Waals surface area (Å²) >= 11 is 1.64. The Morgan fingerprint density at radius 3 is 2.53 bits per heavy atom. The first-order valence-electron chi connectivity index (χ1n) is 11.6. The maximum absolute atomic E-state index is 12.2. The van der Waals surface area contributed by atoms with E-state index in [-0.39, 0.29) is 0 Å². The predicted molar refractivity (Wildman–Crippen MR) is 138 cm³/mol. The molecule has 0 radical (unpaired) electrons. The third-order valence-corrected chi connectivity index (χ3v) is 7.88. The zero-order chi connectivity index (χ0) is 25.6. The molecule has 0 saturated heterocycles. The lowest BCUT2D eigenvalue weighted by Crippen LogP contribution is -2.23. The van der Waals surface area contributed by atoms with Gasteiger partial charge in [0.15, 0.2) is 5.82 Å². The average molecular weight is 497 g/mol. The van der Waals surface area contributed by atoms with E-state index >= 15 is 0 Å². The van der Waals surface area contributed by atoms with E-state index in [0.29, 0.717) is 23.6 Å². The Hall–Kier alpha value is -4.16. The normalized spacial score (nSPS) is 15.3. The van der Waals surface area contributed by atoms with Crippen molar-refractivity contribution in [2.24, 2.45) is 10.9 Å². The number of thiophene rings is 1. The van der Waals surface area contributed by atoms with Gasteiger partial charge >= 0.3 is 5.97 Å². The molecule has 4 heterocycles. The van der Waals surface area contributed by atoms with E-state index in [1.165, 1.54) is 6.20 Å². The minimum absolute atomic E-state index is 0.412. The third kappa shape index (κ3) is 3.80. The molecule has 1 aromatic carbocycles. The number of aliphatic imine (C=N–C) groups is 1. The van der Waals surface area contributed by atoms with Gasteiger partial charge in [0, 0.05) is 34.0 Å². The fraction of sp³-hybridized carbons (Fsp3) is 0.259. The first-order chi connectivity index (χ1) is 17.3. The predicted octanol–water partition coefficient (Wildman–Crippen LogP) is 5.19. The standard InChI is InChI=1S/C27H24N6O2S/c1-5-21(27(34)35)24-25-32-31-16(4)33(25)26-22(14(2)15(3)36-26)23(30-24)19-8-6-18(7-9-19)20-10-17(11-28)12-29-13-20/h6-10,12-13,21,24H,5H2,1-4H3,(H,34,35)/t21?,24-/m0/s1. The summed E-state index contributed by atoms with van der Waals surface area (Å²) in [7, 11) is 0. The highest BCUT2D eigenvalue weighted by Gasteiger charge is 2.37. The number of pyridine rings is 1. The van der Waals surface area contributed by atoms with Gasteiger partial charge in [0.1, 0.15) is 22.9 Å². The second-order valence-corrected chi connectivity index (χ2v) is 10.0. The van der Waals surface area contributed by atoms with Crippen LogP contribution < -0.4 is 0 Å². The highest BCUT2D eigenvalue weighted by molar-refractivity contribution is 7.15. The number of benzene rings is 1. The maximum Gasteiger partial charge on any atom is 0.309 e. The molecule has 1 unspecified atom stereocenters. The van der Waals surface area contributed by atoms with Gasteiger partial charge in [-0.2, -0.15) is 5.26 Å². The lowest BCUT2D eigenvalue weighted by molar-refractivity contribution is -0.142. The van der Waals surface area contributed by atoms with Crippen LogP contribution in [0.1, 0.15) is 58.2 Å². The van der Waals surface area contributed by atoms with Gasteiger partial charge in [0.2, 0.25) is 0 Å². The molecule has 3 aromatic heterocycles. The van der Waals surface area contributed by atoms with Crippen molar-refractivity contribution in [1.82, 2.24) is 19.7 Å². The summed E-state index contributed by atoms with van der Waals surface area (Å²) in [5.74, 6) is -0.391. The fourth-order valence-corrected chi connectivity index (χ4v) is 5.84. The van der Waals surface area contributed by atoms with Gasteiger partial charge in [-0.25, -0.2) is 0 Å². The molecule has 4 aromatic rings. The summed E-state index contributed by atoms with van der Waals surface area (Å²) in [6.07, 6.45) is 3.68. The van der Waals surface area contributed by atoms with E-state index < -0.39 is 17.9 Å². The van der Waals surface area contributed by atoms with Gasteiger partial charge in [-0.05, 0) is 44.4 Å². The smallest absolute Gasteiger partial charge is 0.309 e. The molecule has 8 nitrogen and oxygen atoms in total. The average Bonchev–Trinajstić information content (AvgIpc) is 3.35. The molecular weight excluding hydrogens is 472 g/mol. The molecule has 0 spiro atoms. The Kier molecular flexibility index (Phi) is 5.98. The van der Waals surface area contributed by atoms with Crippen molar-refractivity contribution in [3.63, 3.8) is 0 Å². The Morgan fingerprint density at radius 2 is 1.86 bits per heavy atom. The van der Waals surface area contributed by atoms with Gasteiger partial charge < -0.3 is 5.11 Å². The van der Waals surface area contributed by atoms with Crippen LogP contribution in [0.5, 0.6) is 0 Å². The lowest BCUT2D eigenvalue weighted by Gasteiger charge is -2.18. The summed E-state index contributed by atoms with van der Waals surface area (Å²) in [5, 5.41) is 28.9. The monoisotopic (exact) mass is 496 g/mol. The van der Waals surface area contributed by atoms with Gasteiger partial charge in [-0.15, -0.1) is 21.5 Å². The molecule has 1 aliphatic heterocycles. The van der Waals surface area contributed by atoms with Crippen molar-refractivity contribution in [1.29, 1.82) is 5.26 Å². The Morgan fingerprint density at radius 1 is 1.14 bits per heavy atom. The molecule has 1 aliphatic rings. The number of carbonyl (C=O) groups is 1. The van der Waals surface area contributed by atoms with E-state index in [0.717, 1.165) is 43.4 Å². The van der Waals surface area contributed by atoms with E-state index in [2.05, 4.69) is 35.1 Å². The molecule has 9 heteroatoms. The van der Waals surface area contributed by atoms with E-state index in [4.69, 9.17) is 4.99 Å². The summed E-state index contributed by atoms with van der Waals surface area (Å²) in [5.41, 5.74) is 5.99. The molecule has 180 valence electrons. The quantitative estimate of drug-likeness (QED) is 0.406. The number of hydrogen-bond acceptors (Lipinski definition) is 7. The van der Waals surface area contributed by atoms with Crippen LogP contribution in [0.4, 0.5) is 0 Å². The summed E-state index contributed by atoms with van der Waals surface area (Å²) in [6.45, 7) is 7.89. The summed E-state index contributed by atoms with van der Waals surface area (Å²) < 4.78 is 1.97. The third-order valence-electron chi connectivity index (χ3n) is 6.69.